The molecule has 3 rings (SSSR count). The number of aromatic amines is 1. The van der Waals surface area contributed by atoms with Gasteiger partial charge in [0.25, 0.3) is 5.91 Å². The summed E-state index contributed by atoms with van der Waals surface area (Å²) in [5.41, 5.74) is 1.77. The van der Waals surface area contributed by atoms with Gasteiger partial charge < -0.3 is 10.1 Å². The molecular formula is C15H16N6O2. The van der Waals surface area contributed by atoms with Gasteiger partial charge in [-0.15, -0.1) is 10.2 Å². The molecule has 0 aliphatic carbocycles. The minimum atomic E-state index is -0.270. The van der Waals surface area contributed by atoms with Gasteiger partial charge >= 0.3 is 0 Å². The number of aromatic nitrogens is 5. The second kappa shape index (κ2) is 6.30. The number of amides is 1. The number of H-pyrrole nitrogens is 1. The molecule has 3 aromatic rings. The predicted molar refractivity (Wildman–Crippen MR) is 83.8 cm³/mol. The molecule has 118 valence electrons. The first-order valence-corrected chi connectivity index (χ1v) is 7.13. The molecule has 8 heteroatoms. The van der Waals surface area contributed by atoms with Gasteiger partial charge in [0.15, 0.2) is 5.82 Å². The second-order valence-corrected chi connectivity index (χ2v) is 4.80. The Labute approximate surface area is 132 Å². The summed E-state index contributed by atoms with van der Waals surface area (Å²) in [6.45, 7) is 4.19. The van der Waals surface area contributed by atoms with Crippen molar-refractivity contribution < 1.29 is 9.53 Å². The number of carbonyl (C=O) groups is 1. The molecule has 2 aromatic heterocycles. The fraction of sp³-hybridized carbons (Fsp3) is 0.200. The summed E-state index contributed by atoms with van der Waals surface area (Å²) < 4.78 is 7.12. The average molecular weight is 312 g/mol. The molecule has 1 aromatic carbocycles. The zero-order valence-electron chi connectivity index (χ0n) is 12.8. The lowest BCUT2D eigenvalue weighted by Crippen LogP contribution is -2.15. The maximum Gasteiger partial charge on any atom is 0.259 e. The number of nitrogens with one attached hydrogen (secondary N) is 2. The van der Waals surface area contributed by atoms with Gasteiger partial charge in [-0.1, -0.05) is 12.1 Å². The number of rotatable bonds is 5. The first kappa shape index (κ1) is 14.8. The van der Waals surface area contributed by atoms with E-state index in [0.29, 0.717) is 29.4 Å². The SMILES string of the molecule is CCOc1ccccc1C(=O)Nc1c(-n2cnnc2)n[nH]c1C. The Balaban J connectivity index is 1.91. The lowest BCUT2D eigenvalue weighted by molar-refractivity contribution is 0.102. The highest BCUT2D eigenvalue weighted by Crippen LogP contribution is 2.24. The van der Waals surface area contributed by atoms with Crippen molar-refractivity contribution >= 4 is 11.6 Å². The van der Waals surface area contributed by atoms with Crippen molar-refractivity contribution in [1.29, 1.82) is 0 Å². The summed E-state index contributed by atoms with van der Waals surface area (Å²) in [6.07, 6.45) is 3.03. The maximum atomic E-state index is 12.6. The smallest absolute Gasteiger partial charge is 0.259 e. The monoisotopic (exact) mass is 312 g/mol. The number of ether oxygens (including phenoxy) is 1. The Morgan fingerprint density at radius 3 is 2.78 bits per heavy atom. The first-order chi connectivity index (χ1) is 11.2. The van der Waals surface area contributed by atoms with E-state index in [1.54, 1.807) is 22.8 Å². The minimum absolute atomic E-state index is 0.270. The van der Waals surface area contributed by atoms with E-state index in [9.17, 15) is 4.79 Å². The van der Waals surface area contributed by atoms with Crippen LogP contribution in [0.1, 0.15) is 23.0 Å². The fourth-order valence-electron chi connectivity index (χ4n) is 2.18. The Morgan fingerprint density at radius 2 is 2.04 bits per heavy atom. The van der Waals surface area contributed by atoms with Crippen LogP contribution >= 0.6 is 0 Å². The Morgan fingerprint density at radius 1 is 1.30 bits per heavy atom. The lowest BCUT2D eigenvalue weighted by Gasteiger charge is -2.11. The molecule has 0 spiro atoms. The van der Waals surface area contributed by atoms with Crippen molar-refractivity contribution in [3.63, 3.8) is 0 Å². The van der Waals surface area contributed by atoms with E-state index in [-0.39, 0.29) is 5.91 Å². The Bertz CT molecular complexity index is 809. The number of hydrogen-bond acceptors (Lipinski definition) is 5. The van der Waals surface area contributed by atoms with Gasteiger partial charge in [-0.25, -0.2) is 0 Å². The van der Waals surface area contributed by atoms with Crippen LogP contribution in [0.4, 0.5) is 5.69 Å². The minimum Gasteiger partial charge on any atom is -0.493 e. The van der Waals surface area contributed by atoms with E-state index in [0.717, 1.165) is 5.69 Å². The van der Waals surface area contributed by atoms with Crippen LogP contribution < -0.4 is 10.1 Å². The van der Waals surface area contributed by atoms with Gasteiger partial charge in [-0.05, 0) is 26.0 Å². The van der Waals surface area contributed by atoms with Gasteiger partial charge in [-0.3, -0.25) is 14.5 Å². The highest BCUT2D eigenvalue weighted by atomic mass is 16.5. The molecule has 0 saturated carbocycles. The zero-order chi connectivity index (χ0) is 16.2. The lowest BCUT2D eigenvalue weighted by atomic mass is 10.2. The average Bonchev–Trinajstić information content (AvgIpc) is 3.19. The second-order valence-electron chi connectivity index (χ2n) is 4.80. The predicted octanol–water partition coefficient (Wildman–Crippen LogP) is 1.95. The van der Waals surface area contributed by atoms with Crippen LogP contribution in [0.3, 0.4) is 0 Å². The summed E-state index contributed by atoms with van der Waals surface area (Å²) in [7, 11) is 0. The van der Waals surface area contributed by atoms with E-state index in [1.807, 2.05) is 19.9 Å². The molecule has 0 atom stereocenters. The van der Waals surface area contributed by atoms with Gasteiger partial charge in [0, 0.05) is 0 Å². The van der Waals surface area contributed by atoms with Crippen LogP contribution in [0.5, 0.6) is 5.75 Å². The number of benzene rings is 1. The molecule has 23 heavy (non-hydrogen) atoms. The third kappa shape index (κ3) is 2.91. The van der Waals surface area contributed by atoms with Gasteiger partial charge in [0.2, 0.25) is 0 Å². The first-order valence-electron chi connectivity index (χ1n) is 7.13. The molecule has 0 aliphatic heterocycles. The standard InChI is InChI=1S/C15H16N6O2/c1-3-23-12-7-5-4-6-11(12)15(22)18-13-10(2)19-20-14(13)21-8-16-17-9-21/h4-9H,3H2,1-2H3,(H,18,22)(H,19,20). The van der Waals surface area contributed by atoms with Gasteiger partial charge in [0.05, 0.1) is 17.9 Å². The number of carbonyl (C=O) groups excluding carboxylic acids is 1. The van der Waals surface area contributed by atoms with E-state index in [2.05, 4.69) is 25.7 Å². The number of aryl methyl sites for hydroxylation is 1. The Kier molecular flexibility index (Phi) is 4.05. The van der Waals surface area contributed by atoms with Crippen LogP contribution in [0, 0.1) is 6.92 Å². The van der Waals surface area contributed by atoms with Crippen molar-refractivity contribution in [3.8, 4) is 11.6 Å². The topological polar surface area (TPSA) is 97.7 Å². The normalized spacial score (nSPS) is 10.5. The molecule has 2 N–H and O–H groups in total. The molecule has 0 radical (unpaired) electrons. The van der Waals surface area contributed by atoms with E-state index >= 15 is 0 Å². The fourth-order valence-corrected chi connectivity index (χ4v) is 2.18. The van der Waals surface area contributed by atoms with Gasteiger partial charge in [0.1, 0.15) is 24.1 Å². The van der Waals surface area contributed by atoms with Crippen molar-refractivity contribution in [2.75, 3.05) is 11.9 Å². The molecule has 0 aliphatic rings. The van der Waals surface area contributed by atoms with Crippen LogP contribution in [0.25, 0.3) is 5.82 Å². The zero-order valence-corrected chi connectivity index (χ0v) is 12.8. The quantitative estimate of drug-likeness (QED) is 0.750. The maximum absolute atomic E-state index is 12.6. The van der Waals surface area contributed by atoms with Crippen LogP contribution in [-0.2, 0) is 0 Å². The molecule has 1 amide bonds. The third-order valence-corrected chi connectivity index (χ3v) is 3.26. The molecule has 8 nitrogen and oxygen atoms in total. The summed E-state index contributed by atoms with van der Waals surface area (Å²) in [5.74, 6) is 0.794. The summed E-state index contributed by atoms with van der Waals surface area (Å²) >= 11 is 0. The summed E-state index contributed by atoms with van der Waals surface area (Å²) in [5, 5.41) is 17.4. The van der Waals surface area contributed by atoms with Crippen LogP contribution in [0.15, 0.2) is 36.9 Å². The number of nitrogens with zero attached hydrogens (tertiary/aromatic N) is 4. The summed E-state index contributed by atoms with van der Waals surface area (Å²) in [6, 6.07) is 7.10. The van der Waals surface area contributed by atoms with Crippen LogP contribution in [-0.4, -0.2) is 37.5 Å². The van der Waals surface area contributed by atoms with E-state index < -0.39 is 0 Å². The van der Waals surface area contributed by atoms with Crippen molar-refractivity contribution in [2.45, 2.75) is 13.8 Å². The van der Waals surface area contributed by atoms with E-state index in [1.165, 1.54) is 12.7 Å². The van der Waals surface area contributed by atoms with Crippen molar-refractivity contribution in [2.24, 2.45) is 0 Å². The van der Waals surface area contributed by atoms with Gasteiger partial charge in [-0.2, -0.15) is 5.10 Å². The van der Waals surface area contributed by atoms with E-state index in [4.69, 9.17) is 4.74 Å². The number of para-hydroxylation sites is 1. The third-order valence-electron chi connectivity index (χ3n) is 3.26. The number of hydrogen-bond donors (Lipinski definition) is 2. The van der Waals surface area contributed by atoms with Crippen molar-refractivity contribution in [3.05, 3.63) is 48.2 Å². The highest BCUT2D eigenvalue weighted by molar-refractivity contribution is 6.07. The van der Waals surface area contributed by atoms with Crippen molar-refractivity contribution in [1.82, 2.24) is 25.0 Å². The highest BCUT2D eigenvalue weighted by Gasteiger charge is 2.18. The van der Waals surface area contributed by atoms with Crippen LogP contribution in [0.2, 0.25) is 0 Å². The number of anilines is 1. The molecular weight excluding hydrogens is 296 g/mol. The molecule has 0 fully saturated rings. The molecule has 0 unspecified atom stereocenters. The summed E-state index contributed by atoms with van der Waals surface area (Å²) in [4.78, 5) is 12.6. The molecule has 2 heterocycles. The molecule has 0 bridgehead atoms. The Hall–Kier alpha value is -3.16. The molecule has 0 saturated heterocycles. The largest absolute Gasteiger partial charge is 0.493 e.